The second kappa shape index (κ2) is 7.13. The van der Waals surface area contributed by atoms with E-state index in [4.69, 9.17) is 16.3 Å². The molecule has 4 nitrogen and oxygen atoms in total. The molecule has 1 atom stereocenters. The van der Waals surface area contributed by atoms with Crippen molar-refractivity contribution in [2.45, 2.75) is 11.9 Å². The van der Waals surface area contributed by atoms with Crippen molar-refractivity contribution in [3.63, 3.8) is 0 Å². The molecule has 2 aromatic carbocycles. The zero-order valence-corrected chi connectivity index (χ0v) is 13.6. The van der Waals surface area contributed by atoms with E-state index in [1.54, 1.807) is 48.5 Å². The van der Waals surface area contributed by atoms with Crippen LogP contribution in [0, 0.1) is 0 Å². The van der Waals surface area contributed by atoms with E-state index in [-0.39, 0.29) is 11.5 Å². The summed E-state index contributed by atoms with van der Waals surface area (Å²) in [6.45, 7) is 0. The van der Waals surface area contributed by atoms with E-state index in [2.05, 4.69) is 0 Å². The zero-order valence-electron chi connectivity index (χ0n) is 12.1. The number of methoxy groups -OCH3 is 1. The van der Waals surface area contributed by atoms with Crippen LogP contribution in [0.5, 0.6) is 5.75 Å². The molecule has 0 radical (unpaired) electrons. The van der Waals surface area contributed by atoms with Crippen LogP contribution >= 0.6 is 11.6 Å². The summed E-state index contributed by atoms with van der Waals surface area (Å²) in [4.78, 5) is 0. The lowest BCUT2D eigenvalue weighted by Crippen LogP contribution is -2.16. The minimum atomic E-state index is -3.47. The summed E-state index contributed by atoms with van der Waals surface area (Å²) in [5, 5.41) is 10.6. The summed E-state index contributed by atoms with van der Waals surface area (Å²) in [5.74, 6) is 0.0603. The molecule has 0 aliphatic carbocycles. The molecule has 6 heteroatoms. The van der Waals surface area contributed by atoms with Gasteiger partial charge in [0.15, 0.2) is 9.84 Å². The SMILES string of the molecule is COc1cccc(C(O)CS(=O)(=O)Cc2cccc(Cl)c2)c1. The van der Waals surface area contributed by atoms with E-state index >= 15 is 0 Å². The fourth-order valence-corrected chi connectivity index (χ4v) is 3.82. The Balaban J connectivity index is 2.10. The van der Waals surface area contributed by atoms with Crippen molar-refractivity contribution in [2.75, 3.05) is 12.9 Å². The molecular weight excluding hydrogens is 324 g/mol. The predicted octanol–water partition coefficient (Wildman–Crippen LogP) is 3.00. The molecule has 2 rings (SSSR count). The summed E-state index contributed by atoms with van der Waals surface area (Å²) in [5.41, 5.74) is 1.11. The first-order chi connectivity index (χ1) is 10.4. The van der Waals surface area contributed by atoms with Crippen LogP contribution in [0.1, 0.15) is 17.2 Å². The molecule has 118 valence electrons. The maximum atomic E-state index is 12.2. The number of ether oxygens (including phenoxy) is 1. The first-order valence-electron chi connectivity index (χ1n) is 6.66. The number of rotatable bonds is 6. The Labute approximate surface area is 135 Å². The van der Waals surface area contributed by atoms with Crippen molar-refractivity contribution in [2.24, 2.45) is 0 Å². The highest BCUT2D eigenvalue weighted by Gasteiger charge is 2.20. The molecule has 0 bridgehead atoms. The smallest absolute Gasteiger partial charge is 0.157 e. The topological polar surface area (TPSA) is 63.6 Å². The summed E-state index contributed by atoms with van der Waals surface area (Å²) in [6.07, 6.45) is -1.10. The van der Waals surface area contributed by atoms with E-state index in [0.29, 0.717) is 21.9 Å². The fraction of sp³-hybridized carbons (Fsp3) is 0.250. The molecule has 0 saturated carbocycles. The molecule has 0 amide bonds. The molecule has 1 N–H and O–H groups in total. The van der Waals surface area contributed by atoms with Crippen molar-refractivity contribution < 1.29 is 18.3 Å². The van der Waals surface area contributed by atoms with Gasteiger partial charge in [-0.25, -0.2) is 8.42 Å². The molecule has 2 aromatic rings. The van der Waals surface area contributed by atoms with Crippen molar-refractivity contribution in [3.05, 3.63) is 64.7 Å². The van der Waals surface area contributed by atoms with Crippen molar-refractivity contribution in [3.8, 4) is 5.75 Å². The van der Waals surface area contributed by atoms with Crippen LogP contribution < -0.4 is 4.74 Å². The Morgan fingerprint density at radius 1 is 1.18 bits per heavy atom. The highest BCUT2D eigenvalue weighted by molar-refractivity contribution is 7.90. The van der Waals surface area contributed by atoms with Gasteiger partial charge in [0.2, 0.25) is 0 Å². The third kappa shape index (κ3) is 4.73. The van der Waals surface area contributed by atoms with Gasteiger partial charge in [-0.3, -0.25) is 0 Å². The normalized spacial score (nSPS) is 12.9. The van der Waals surface area contributed by atoms with E-state index in [1.807, 2.05) is 0 Å². The van der Waals surface area contributed by atoms with Gasteiger partial charge in [-0.1, -0.05) is 35.9 Å². The van der Waals surface area contributed by atoms with Gasteiger partial charge in [-0.05, 0) is 35.4 Å². The van der Waals surface area contributed by atoms with E-state index < -0.39 is 15.9 Å². The summed E-state index contributed by atoms with van der Waals surface area (Å²) in [7, 11) is -1.95. The zero-order chi connectivity index (χ0) is 16.2. The number of hydrogen-bond donors (Lipinski definition) is 1. The Morgan fingerprint density at radius 3 is 2.59 bits per heavy atom. The monoisotopic (exact) mass is 340 g/mol. The van der Waals surface area contributed by atoms with Crippen LogP contribution in [0.15, 0.2) is 48.5 Å². The lowest BCUT2D eigenvalue weighted by atomic mass is 10.1. The Bertz CT molecular complexity index is 743. The lowest BCUT2D eigenvalue weighted by Gasteiger charge is -2.13. The average molecular weight is 341 g/mol. The van der Waals surface area contributed by atoms with Gasteiger partial charge < -0.3 is 9.84 Å². The van der Waals surface area contributed by atoms with Gasteiger partial charge in [-0.2, -0.15) is 0 Å². The number of sulfone groups is 1. The quantitative estimate of drug-likeness (QED) is 0.878. The van der Waals surface area contributed by atoms with Crippen LogP contribution in [-0.4, -0.2) is 26.4 Å². The van der Waals surface area contributed by atoms with Crippen LogP contribution in [0.4, 0.5) is 0 Å². The van der Waals surface area contributed by atoms with E-state index in [1.165, 1.54) is 7.11 Å². The van der Waals surface area contributed by atoms with E-state index in [9.17, 15) is 13.5 Å². The predicted molar refractivity (Wildman–Crippen MR) is 86.9 cm³/mol. The highest BCUT2D eigenvalue weighted by Crippen LogP contribution is 2.22. The van der Waals surface area contributed by atoms with Crippen LogP contribution in [0.25, 0.3) is 0 Å². The van der Waals surface area contributed by atoms with Crippen molar-refractivity contribution >= 4 is 21.4 Å². The molecule has 1 unspecified atom stereocenters. The van der Waals surface area contributed by atoms with Crippen LogP contribution in [0.2, 0.25) is 5.02 Å². The highest BCUT2D eigenvalue weighted by atomic mass is 35.5. The minimum absolute atomic E-state index is 0.158. The van der Waals surface area contributed by atoms with Crippen molar-refractivity contribution in [1.82, 2.24) is 0 Å². The second-order valence-electron chi connectivity index (χ2n) is 4.98. The minimum Gasteiger partial charge on any atom is -0.497 e. The number of hydrogen-bond acceptors (Lipinski definition) is 4. The molecule has 0 fully saturated rings. The summed E-state index contributed by atoms with van der Waals surface area (Å²) in [6, 6.07) is 13.4. The summed E-state index contributed by atoms with van der Waals surface area (Å²) >= 11 is 5.85. The Hall–Kier alpha value is -1.56. The number of aliphatic hydroxyl groups excluding tert-OH is 1. The molecule has 0 aromatic heterocycles. The number of aliphatic hydroxyl groups is 1. The molecule has 0 aliphatic rings. The largest absolute Gasteiger partial charge is 0.497 e. The first-order valence-corrected chi connectivity index (χ1v) is 8.86. The maximum absolute atomic E-state index is 12.2. The summed E-state index contributed by atoms with van der Waals surface area (Å²) < 4.78 is 29.5. The van der Waals surface area contributed by atoms with Gasteiger partial charge in [-0.15, -0.1) is 0 Å². The van der Waals surface area contributed by atoms with Crippen LogP contribution in [0.3, 0.4) is 0 Å². The molecule has 0 saturated heterocycles. The standard InChI is InChI=1S/C16H17ClO4S/c1-21-15-7-3-5-13(9-15)16(18)11-22(19,20)10-12-4-2-6-14(17)8-12/h2-9,16,18H,10-11H2,1H3. The molecule has 22 heavy (non-hydrogen) atoms. The van der Waals surface area contributed by atoms with Gasteiger partial charge in [0.1, 0.15) is 5.75 Å². The third-order valence-electron chi connectivity index (χ3n) is 3.17. The Kier molecular flexibility index (Phi) is 5.45. The lowest BCUT2D eigenvalue weighted by molar-refractivity contribution is 0.201. The number of benzene rings is 2. The fourth-order valence-electron chi connectivity index (χ4n) is 2.13. The van der Waals surface area contributed by atoms with Crippen LogP contribution in [-0.2, 0) is 15.6 Å². The van der Waals surface area contributed by atoms with Crippen molar-refractivity contribution in [1.29, 1.82) is 0 Å². The first kappa shape index (κ1) is 16.8. The molecule has 0 spiro atoms. The third-order valence-corrected chi connectivity index (χ3v) is 5.00. The maximum Gasteiger partial charge on any atom is 0.157 e. The molecular formula is C16H17ClO4S. The average Bonchev–Trinajstić information content (AvgIpc) is 2.46. The molecule has 0 aliphatic heterocycles. The van der Waals surface area contributed by atoms with E-state index in [0.717, 1.165) is 0 Å². The van der Waals surface area contributed by atoms with Gasteiger partial charge in [0.25, 0.3) is 0 Å². The number of halogens is 1. The van der Waals surface area contributed by atoms with Gasteiger partial charge >= 0.3 is 0 Å². The Morgan fingerprint density at radius 2 is 1.91 bits per heavy atom. The van der Waals surface area contributed by atoms with Gasteiger partial charge in [0, 0.05) is 5.02 Å². The van der Waals surface area contributed by atoms with Gasteiger partial charge in [0.05, 0.1) is 24.7 Å². The second-order valence-corrected chi connectivity index (χ2v) is 7.52. The molecule has 0 heterocycles.